The molecule has 1 N–H and O–H groups in total. The van der Waals surface area contributed by atoms with Crippen molar-refractivity contribution in [3.63, 3.8) is 0 Å². The van der Waals surface area contributed by atoms with Crippen molar-refractivity contribution >= 4 is 17.8 Å². The molecule has 1 aromatic carbocycles. The summed E-state index contributed by atoms with van der Waals surface area (Å²) in [6, 6.07) is 8.64. The summed E-state index contributed by atoms with van der Waals surface area (Å²) in [5.74, 6) is -2.84. The molecular weight excluding hydrogens is 246 g/mol. The van der Waals surface area contributed by atoms with Crippen LogP contribution in [0.25, 0.3) is 0 Å². The summed E-state index contributed by atoms with van der Waals surface area (Å²) in [6.07, 6.45) is 0.167. The van der Waals surface area contributed by atoms with E-state index in [0.29, 0.717) is 5.56 Å². The second-order valence-electron chi connectivity index (χ2n) is 4.75. The van der Waals surface area contributed by atoms with Crippen LogP contribution in [0.15, 0.2) is 30.3 Å². The smallest absolute Gasteiger partial charge is 0.312 e. The molecule has 0 saturated carbocycles. The number of imide groups is 1. The van der Waals surface area contributed by atoms with Crippen LogP contribution in [-0.2, 0) is 14.4 Å². The first kappa shape index (κ1) is 13.3. The lowest BCUT2D eigenvalue weighted by molar-refractivity contribution is -0.143. The van der Waals surface area contributed by atoms with Crippen LogP contribution in [0, 0.1) is 5.92 Å². The van der Waals surface area contributed by atoms with Crippen LogP contribution in [0.2, 0.25) is 0 Å². The Morgan fingerprint density at radius 1 is 1.37 bits per heavy atom. The third-order valence-corrected chi connectivity index (χ3v) is 3.33. The van der Waals surface area contributed by atoms with E-state index < -0.39 is 11.9 Å². The Morgan fingerprint density at radius 3 is 2.47 bits per heavy atom. The minimum Gasteiger partial charge on any atom is -0.481 e. The highest BCUT2D eigenvalue weighted by molar-refractivity contribution is 6.03. The Kier molecular flexibility index (Phi) is 3.64. The molecule has 0 aliphatic carbocycles. The van der Waals surface area contributed by atoms with E-state index in [1.165, 1.54) is 0 Å². The van der Waals surface area contributed by atoms with E-state index in [1.54, 1.807) is 37.3 Å². The van der Waals surface area contributed by atoms with Gasteiger partial charge in [0.05, 0.1) is 5.92 Å². The summed E-state index contributed by atoms with van der Waals surface area (Å²) in [5, 5.41) is 9.28. The Bertz CT molecular complexity index is 511. The topological polar surface area (TPSA) is 74.7 Å². The van der Waals surface area contributed by atoms with E-state index in [2.05, 4.69) is 0 Å². The van der Waals surface area contributed by atoms with E-state index in [4.69, 9.17) is 0 Å². The second-order valence-corrected chi connectivity index (χ2v) is 4.75. The lowest BCUT2D eigenvalue weighted by Crippen LogP contribution is -2.36. The van der Waals surface area contributed by atoms with Crippen molar-refractivity contribution in [2.45, 2.75) is 19.3 Å². The second kappa shape index (κ2) is 5.22. The van der Waals surface area contributed by atoms with Crippen molar-refractivity contribution < 1.29 is 19.5 Å². The van der Waals surface area contributed by atoms with Crippen LogP contribution in [0.1, 0.15) is 24.8 Å². The third-order valence-electron chi connectivity index (χ3n) is 3.33. The van der Waals surface area contributed by atoms with Crippen molar-refractivity contribution in [3.05, 3.63) is 35.9 Å². The maximum absolute atomic E-state index is 11.8. The van der Waals surface area contributed by atoms with Gasteiger partial charge in [0.1, 0.15) is 0 Å². The van der Waals surface area contributed by atoms with Gasteiger partial charge in [-0.1, -0.05) is 37.3 Å². The molecule has 2 unspecified atom stereocenters. The molecule has 19 heavy (non-hydrogen) atoms. The molecule has 0 bridgehead atoms. The summed E-state index contributed by atoms with van der Waals surface area (Å²) >= 11 is 0. The zero-order valence-corrected chi connectivity index (χ0v) is 10.6. The van der Waals surface area contributed by atoms with Crippen LogP contribution in [0.3, 0.4) is 0 Å². The molecule has 0 spiro atoms. The zero-order valence-electron chi connectivity index (χ0n) is 10.6. The lowest BCUT2D eigenvalue weighted by atomic mass is 9.99. The molecule has 1 saturated heterocycles. The number of carboxylic acid groups (broad SMARTS) is 1. The quantitative estimate of drug-likeness (QED) is 0.828. The summed E-state index contributed by atoms with van der Waals surface area (Å²) in [7, 11) is 0. The minimum atomic E-state index is -1.04. The number of hydrogen-bond donors (Lipinski definition) is 1. The molecule has 1 fully saturated rings. The van der Waals surface area contributed by atoms with Crippen molar-refractivity contribution in [2.75, 3.05) is 6.54 Å². The number of benzene rings is 1. The zero-order chi connectivity index (χ0) is 14.0. The highest BCUT2D eigenvalue weighted by atomic mass is 16.4. The van der Waals surface area contributed by atoms with Gasteiger partial charge in [0, 0.05) is 18.9 Å². The van der Waals surface area contributed by atoms with E-state index in [9.17, 15) is 19.5 Å². The van der Waals surface area contributed by atoms with Crippen LogP contribution in [0.4, 0.5) is 0 Å². The average molecular weight is 261 g/mol. The fourth-order valence-corrected chi connectivity index (χ4v) is 2.23. The molecule has 0 aromatic heterocycles. The predicted molar refractivity (Wildman–Crippen MR) is 67.3 cm³/mol. The molecule has 2 amide bonds. The molecule has 2 rings (SSSR count). The molecule has 1 aliphatic heterocycles. The number of carbonyl (C=O) groups is 3. The number of hydrogen-bond acceptors (Lipinski definition) is 3. The van der Waals surface area contributed by atoms with E-state index in [1.807, 2.05) is 0 Å². The van der Waals surface area contributed by atoms with Crippen LogP contribution in [-0.4, -0.2) is 34.3 Å². The standard InChI is InChI=1S/C14H15NO4/c1-9-7-12(16)15(13(9)17)8-11(14(18)19)10-5-3-2-4-6-10/h2-6,9,11H,7-8H2,1H3,(H,18,19). The van der Waals surface area contributed by atoms with Crippen molar-refractivity contribution in [3.8, 4) is 0 Å². The number of nitrogens with zero attached hydrogens (tertiary/aromatic N) is 1. The summed E-state index contributed by atoms with van der Waals surface area (Å²) in [5.41, 5.74) is 0.593. The highest BCUT2D eigenvalue weighted by Crippen LogP contribution is 2.24. The Hall–Kier alpha value is -2.17. The summed E-state index contributed by atoms with van der Waals surface area (Å²) in [4.78, 5) is 35.9. The molecule has 2 atom stereocenters. The van der Waals surface area contributed by atoms with Gasteiger partial charge in [0.15, 0.2) is 0 Å². The Balaban J connectivity index is 2.21. The number of amides is 2. The molecule has 1 heterocycles. The molecule has 5 nitrogen and oxygen atoms in total. The van der Waals surface area contributed by atoms with Gasteiger partial charge in [-0.2, -0.15) is 0 Å². The molecule has 1 aromatic rings. The Labute approximate surface area is 110 Å². The number of carboxylic acids is 1. The normalized spacial score (nSPS) is 20.7. The van der Waals surface area contributed by atoms with Gasteiger partial charge in [0.2, 0.25) is 11.8 Å². The van der Waals surface area contributed by atoms with Crippen molar-refractivity contribution in [2.24, 2.45) is 5.92 Å². The first-order chi connectivity index (χ1) is 9.00. The van der Waals surface area contributed by atoms with E-state index in [0.717, 1.165) is 4.90 Å². The van der Waals surface area contributed by atoms with Crippen LogP contribution >= 0.6 is 0 Å². The van der Waals surface area contributed by atoms with Gasteiger partial charge in [-0.25, -0.2) is 0 Å². The number of carbonyl (C=O) groups excluding carboxylic acids is 2. The molecular formula is C14H15NO4. The lowest BCUT2D eigenvalue weighted by Gasteiger charge is -2.20. The van der Waals surface area contributed by atoms with Crippen LogP contribution in [0.5, 0.6) is 0 Å². The van der Waals surface area contributed by atoms with Gasteiger partial charge >= 0.3 is 5.97 Å². The largest absolute Gasteiger partial charge is 0.481 e. The number of likely N-dealkylation sites (tertiary alicyclic amines) is 1. The average Bonchev–Trinajstić information content (AvgIpc) is 2.62. The predicted octanol–water partition coefficient (Wildman–Crippen LogP) is 1.25. The Morgan fingerprint density at radius 2 is 2.00 bits per heavy atom. The maximum Gasteiger partial charge on any atom is 0.312 e. The summed E-state index contributed by atoms with van der Waals surface area (Å²) < 4.78 is 0. The molecule has 100 valence electrons. The highest BCUT2D eigenvalue weighted by Gasteiger charge is 2.38. The number of aliphatic carboxylic acids is 1. The SMILES string of the molecule is CC1CC(=O)N(CC(C(=O)O)c2ccccc2)C1=O. The first-order valence-electron chi connectivity index (χ1n) is 6.12. The van der Waals surface area contributed by atoms with E-state index >= 15 is 0 Å². The minimum absolute atomic E-state index is 0.0959. The van der Waals surface area contributed by atoms with Gasteiger partial charge < -0.3 is 5.11 Å². The monoisotopic (exact) mass is 261 g/mol. The van der Waals surface area contributed by atoms with E-state index in [-0.39, 0.29) is 30.7 Å². The number of rotatable bonds is 4. The molecule has 1 aliphatic rings. The van der Waals surface area contributed by atoms with Gasteiger partial charge in [0.25, 0.3) is 0 Å². The van der Waals surface area contributed by atoms with Gasteiger partial charge in [-0.3, -0.25) is 19.3 Å². The maximum atomic E-state index is 11.8. The fraction of sp³-hybridized carbons (Fsp3) is 0.357. The van der Waals surface area contributed by atoms with Crippen molar-refractivity contribution in [1.29, 1.82) is 0 Å². The molecule has 0 radical (unpaired) electrons. The van der Waals surface area contributed by atoms with Crippen molar-refractivity contribution in [1.82, 2.24) is 4.90 Å². The molecule has 5 heteroatoms. The third kappa shape index (κ3) is 2.65. The first-order valence-corrected chi connectivity index (χ1v) is 6.12. The fourth-order valence-electron chi connectivity index (χ4n) is 2.23. The van der Waals surface area contributed by atoms with Crippen LogP contribution < -0.4 is 0 Å². The van der Waals surface area contributed by atoms with Gasteiger partial charge in [-0.05, 0) is 5.56 Å². The summed E-state index contributed by atoms with van der Waals surface area (Å²) in [6.45, 7) is 1.58. The van der Waals surface area contributed by atoms with Gasteiger partial charge in [-0.15, -0.1) is 0 Å².